The zero-order valence-corrected chi connectivity index (χ0v) is 23.0. The van der Waals surface area contributed by atoms with Crippen molar-refractivity contribution in [3.05, 3.63) is 163 Å². The molecule has 2 aromatic heterocycles. The predicted molar refractivity (Wildman–Crippen MR) is 188 cm³/mol. The van der Waals surface area contributed by atoms with Crippen LogP contribution in [0.15, 0.2) is 168 Å². The number of benzene rings is 7. The van der Waals surface area contributed by atoms with Crippen LogP contribution in [0.25, 0.3) is 88.1 Å². The maximum Gasteiger partial charge on any atom is 0.136 e. The second-order valence-electron chi connectivity index (χ2n) is 10.1. The summed E-state index contributed by atoms with van der Waals surface area (Å²) >= 11 is 0. The molecule has 0 unspecified atom stereocenters. The lowest BCUT2D eigenvalue weighted by Gasteiger charge is -2.18. The van der Waals surface area contributed by atoms with Gasteiger partial charge < -0.3 is 4.42 Å². The Morgan fingerprint density at radius 3 is 1.67 bits per heavy atom. The van der Waals surface area contributed by atoms with Crippen LogP contribution in [-0.4, -0.2) is 4.98 Å². The average molecular weight is 593 g/mol. The molecule has 0 saturated heterocycles. The van der Waals surface area contributed by atoms with Crippen molar-refractivity contribution in [2.45, 2.75) is 0 Å². The van der Waals surface area contributed by atoms with E-state index < -0.39 is 120 Å². The standard InChI is InChI=1S/C43H27NO/c1-2-12-29(13-3-1)40-32-14-4-6-16-34(32)41(35-17-7-5-15-33(35)40)30-23-21-28(22-24-30)31-25-26-39-43(36-18-8-9-20-38(36)45-39)42(31)37-19-10-11-27-44-37/h1-27H/i1D,2D,3D,4D,5D,6D,7D,8D,9D,12D,13D,14D,15D,16D,17D,18D,20D,25D,26D. The largest absolute Gasteiger partial charge is 0.456 e. The molecule has 0 aliphatic rings. The Kier molecular flexibility index (Phi) is 2.97. The Balaban J connectivity index is 1.44. The fourth-order valence-electron chi connectivity index (χ4n) is 5.78. The van der Waals surface area contributed by atoms with Crippen LogP contribution < -0.4 is 0 Å². The van der Waals surface area contributed by atoms with Crippen LogP contribution >= 0.6 is 0 Å². The molecule has 2 nitrogen and oxygen atoms in total. The van der Waals surface area contributed by atoms with Crippen LogP contribution in [0.5, 0.6) is 0 Å². The summed E-state index contributed by atoms with van der Waals surface area (Å²) in [5, 5.41) is -1.22. The summed E-state index contributed by atoms with van der Waals surface area (Å²) < 4.78 is 173. The molecule has 45 heavy (non-hydrogen) atoms. The first-order valence-electron chi connectivity index (χ1n) is 23.3. The first-order chi connectivity index (χ1) is 30.2. The second kappa shape index (κ2) is 10.3. The highest BCUT2D eigenvalue weighted by atomic mass is 16.3. The smallest absolute Gasteiger partial charge is 0.136 e. The molecule has 9 rings (SSSR count). The van der Waals surface area contributed by atoms with Gasteiger partial charge in [0.2, 0.25) is 0 Å². The molecule has 0 amide bonds. The lowest BCUT2D eigenvalue weighted by Crippen LogP contribution is -1.91. The van der Waals surface area contributed by atoms with E-state index in [-0.39, 0.29) is 83.0 Å². The van der Waals surface area contributed by atoms with Gasteiger partial charge in [0.25, 0.3) is 0 Å². The topological polar surface area (TPSA) is 26.0 Å². The lowest BCUT2D eigenvalue weighted by atomic mass is 9.85. The maximum absolute atomic E-state index is 9.30. The van der Waals surface area contributed by atoms with Crippen LogP contribution in [0.2, 0.25) is 0 Å². The fourth-order valence-corrected chi connectivity index (χ4v) is 5.78. The Morgan fingerprint density at radius 1 is 0.444 bits per heavy atom. The molecule has 210 valence electrons. The zero-order chi connectivity index (χ0) is 46.3. The molecule has 0 radical (unpaired) electrons. The van der Waals surface area contributed by atoms with Gasteiger partial charge in [-0.1, -0.05) is 127 Å². The zero-order valence-electron chi connectivity index (χ0n) is 42.0. The molecule has 0 atom stereocenters. The van der Waals surface area contributed by atoms with Gasteiger partial charge >= 0.3 is 0 Å². The number of nitrogens with zero attached hydrogens (tertiary/aromatic N) is 1. The highest BCUT2D eigenvalue weighted by Gasteiger charge is 2.20. The van der Waals surface area contributed by atoms with Crippen molar-refractivity contribution in [2.24, 2.45) is 0 Å². The Labute approximate surface area is 287 Å². The quantitative estimate of drug-likeness (QED) is 0.190. The van der Waals surface area contributed by atoms with Crippen molar-refractivity contribution in [3.8, 4) is 44.6 Å². The normalized spacial score (nSPS) is 17.5. The van der Waals surface area contributed by atoms with Crippen molar-refractivity contribution in [1.29, 1.82) is 0 Å². The number of rotatable bonds is 4. The van der Waals surface area contributed by atoms with E-state index in [9.17, 15) is 6.85 Å². The van der Waals surface area contributed by atoms with Crippen LogP contribution in [0, 0.1) is 0 Å². The molecular weight excluding hydrogens is 546 g/mol. The summed E-state index contributed by atoms with van der Waals surface area (Å²) in [6.45, 7) is 0. The molecule has 9 aromatic rings. The molecule has 2 heterocycles. The number of hydrogen-bond acceptors (Lipinski definition) is 2. The molecule has 7 aromatic carbocycles. The highest BCUT2D eigenvalue weighted by molar-refractivity contribution is 6.21. The number of aromatic nitrogens is 1. The van der Waals surface area contributed by atoms with Crippen molar-refractivity contribution >= 4 is 43.5 Å². The SMILES string of the molecule is [2H]c1c([2H])c([2H])c(-c2c3c([2H])c([2H])c([2H])c([2H])c3c(-c3ccc(-c4c([2H])c([2H])c5oc6c([2H])c([2H])c([2H])c([2H])c6c5c4-c4ccccn4)cc3)c3c([2H])c([2H])c([2H])c([2H])c23)c([2H])c1[2H]. The van der Waals surface area contributed by atoms with Crippen molar-refractivity contribution in [3.63, 3.8) is 0 Å². The van der Waals surface area contributed by atoms with Gasteiger partial charge in [-0.05, 0) is 85.2 Å². The minimum atomic E-state index is -0.782. The molecule has 0 spiro atoms. The number of pyridine rings is 1. The van der Waals surface area contributed by atoms with Crippen molar-refractivity contribution in [2.75, 3.05) is 0 Å². The third kappa shape index (κ3) is 4.07. The summed E-state index contributed by atoms with van der Waals surface area (Å²) in [7, 11) is 0. The monoisotopic (exact) mass is 592 g/mol. The van der Waals surface area contributed by atoms with Crippen molar-refractivity contribution in [1.82, 2.24) is 4.98 Å². The van der Waals surface area contributed by atoms with Crippen LogP contribution in [0.4, 0.5) is 0 Å². The summed E-state index contributed by atoms with van der Waals surface area (Å²) in [4.78, 5) is 4.51. The lowest BCUT2D eigenvalue weighted by molar-refractivity contribution is 0.669. The molecule has 0 saturated carbocycles. The molecule has 0 bridgehead atoms. The number of fused-ring (bicyclic) bond motifs is 5. The van der Waals surface area contributed by atoms with Gasteiger partial charge in [0, 0.05) is 22.5 Å². The van der Waals surface area contributed by atoms with Crippen LogP contribution in [0.1, 0.15) is 26.0 Å². The van der Waals surface area contributed by atoms with Gasteiger partial charge in [0.05, 0.1) is 31.7 Å². The number of para-hydroxylation sites is 1. The summed E-state index contributed by atoms with van der Waals surface area (Å²) in [5.74, 6) is 0. The third-order valence-corrected chi connectivity index (χ3v) is 7.64. The molecule has 0 aliphatic heterocycles. The Morgan fingerprint density at radius 2 is 1.02 bits per heavy atom. The predicted octanol–water partition coefficient (Wildman–Crippen LogP) is 12.0. The van der Waals surface area contributed by atoms with Crippen LogP contribution in [0.3, 0.4) is 0 Å². The van der Waals surface area contributed by atoms with Gasteiger partial charge in [0.15, 0.2) is 0 Å². The maximum atomic E-state index is 9.30. The highest BCUT2D eigenvalue weighted by Crippen LogP contribution is 2.45. The molecular formula is C43H27NO. The van der Waals surface area contributed by atoms with E-state index in [0.29, 0.717) is 0 Å². The van der Waals surface area contributed by atoms with E-state index in [4.69, 9.17) is 23.6 Å². The van der Waals surface area contributed by atoms with Crippen molar-refractivity contribution < 1.29 is 30.5 Å². The van der Waals surface area contributed by atoms with E-state index in [0.717, 1.165) is 0 Å². The molecule has 0 N–H and O–H groups in total. The van der Waals surface area contributed by atoms with Crippen LogP contribution in [-0.2, 0) is 0 Å². The molecule has 0 aliphatic carbocycles. The molecule has 0 fully saturated rings. The fraction of sp³-hybridized carbons (Fsp3) is 0. The van der Waals surface area contributed by atoms with Gasteiger partial charge in [-0.15, -0.1) is 0 Å². The third-order valence-electron chi connectivity index (χ3n) is 7.64. The minimum Gasteiger partial charge on any atom is -0.456 e. The first kappa shape index (κ1) is 12.9. The Hall–Kier alpha value is -5.99. The Bertz CT molecular complexity index is 3480. The van der Waals surface area contributed by atoms with E-state index in [1.54, 1.807) is 18.2 Å². The number of hydrogen-bond donors (Lipinski definition) is 0. The van der Waals surface area contributed by atoms with Gasteiger partial charge in [-0.3, -0.25) is 4.98 Å². The number of furan rings is 1. The van der Waals surface area contributed by atoms with E-state index >= 15 is 0 Å². The second-order valence-corrected chi connectivity index (χ2v) is 10.1. The van der Waals surface area contributed by atoms with E-state index in [2.05, 4.69) is 4.98 Å². The first-order valence-corrected chi connectivity index (χ1v) is 13.8. The minimum absolute atomic E-state index is 0.0339. The van der Waals surface area contributed by atoms with Gasteiger partial charge in [0.1, 0.15) is 11.2 Å². The van der Waals surface area contributed by atoms with Gasteiger partial charge in [-0.25, -0.2) is 0 Å². The average Bonchev–Trinajstić information content (AvgIpc) is 3.70. The summed E-state index contributed by atoms with van der Waals surface area (Å²) in [5.41, 5.74) is -0.465. The summed E-state index contributed by atoms with van der Waals surface area (Å²) in [6.07, 6.45) is 1.48. The summed E-state index contributed by atoms with van der Waals surface area (Å²) in [6, 6.07) is -1.42. The molecule has 2 heteroatoms. The van der Waals surface area contributed by atoms with E-state index in [1.807, 2.05) is 0 Å². The van der Waals surface area contributed by atoms with E-state index in [1.165, 1.54) is 30.5 Å². The van der Waals surface area contributed by atoms with Gasteiger partial charge in [-0.2, -0.15) is 0 Å².